The third kappa shape index (κ3) is 5.72. The van der Waals surface area contributed by atoms with Crippen molar-refractivity contribution in [2.45, 2.75) is 25.8 Å². The van der Waals surface area contributed by atoms with Crippen molar-refractivity contribution in [2.75, 3.05) is 26.7 Å². The number of carbonyl (C=O) groups excluding carboxylic acids is 1. The van der Waals surface area contributed by atoms with E-state index in [0.717, 1.165) is 17.0 Å². The number of ether oxygens (including phenoxy) is 2. The molecule has 0 aliphatic carbocycles. The lowest BCUT2D eigenvalue weighted by atomic mass is 10.2. The first-order valence-electron chi connectivity index (χ1n) is 10.6. The minimum atomic E-state index is -0.290. The zero-order valence-electron chi connectivity index (χ0n) is 18.0. The first-order valence-corrected chi connectivity index (χ1v) is 10.6. The summed E-state index contributed by atoms with van der Waals surface area (Å²) in [4.78, 5) is 16.9. The molecule has 2 aromatic carbocycles. The highest BCUT2D eigenvalue weighted by Crippen LogP contribution is 2.18. The van der Waals surface area contributed by atoms with E-state index >= 15 is 0 Å². The van der Waals surface area contributed by atoms with Crippen LogP contribution >= 0.6 is 0 Å². The standard InChI is InChI=1S/C24H27FN4O3/c1-31-21-8-6-18(7-9-21)12-29-15-22(32-17-19-4-2-3-5-23(19)25)14-28(16-24(29)30)13-20-10-11-26-27-20/h2-11,22H,12-17H2,1H3,(H,26,27)/t22-/m1/s1. The number of hydrogen-bond donors (Lipinski definition) is 1. The summed E-state index contributed by atoms with van der Waals surface area (Å²) in [6.45, 7) is 2.44. The summed E-state index contributed by atoms with van der Waals surface area (Å²) in [5.74, 6) is 0.506. The molecular weight excluding hydrogens is 411 g/mol. The van der Waals surface area contributed by atoms with Gasteiger partial charge in [0.1, 0.15) is 11.6 Å². The Balaban J connectivity index is 1.48. The van der Waals surface area contributed by atoms with Gasteiger partial charge < -0.3 is 14.4 Å². The second-order valence-corrected chi connectivity index (χ2v) is 7.90. The molecule has 2 heterocycles. The third-order valence-electron chi connectivity index (χ3n) is 5.51. The molecule has 1 fully saturated rings. The van der Waals surface area contributed by atoms with E-state index in [1.165, 1.54) is 6.07 Å². The maximum Gasteiger partial charge on any atom is 0.237 e. The normalized spacial score (nSPS) is 17.4. The fourth-order valence-corrected chi connectivity index (χ4v) is 3.82. The second kappa shape index (κ2) is 10.4. The third-order valence-corrected chi connectivity index (χ3v) is 5.51. The Morgan fingerprint density at radius 2 is 1.91 bits per heavy atom. The SMILES string of the molecule is COc1ccc(CN2C[C@H](OCc3ccccc3F)CN(Cc3ccn[nH]3)CC2=O)cc1. The predicted octanol–water partition coefficient (Wildman–Crippen LogP) is 2.99. The molecule has 8 heteroatoms. The van der Waals surface area contributed by atoms with Crippen LogP contribution in [0.1, 0.15) is 16.8 Å². The number of H-pyrrole nitrogens is 1. The Kier molecular flexibility index (Phi) is 7.14. The topological polar surface area (TPSA) is 70.7 Å². The van der Waals surface area contributed by atoms with Gasteiger partial charge in [-0.05, 0) is 29.8 Å². The maximum atomic E-state index is 14.1. The van der Waals surface area contributed by atoms with Gasteiger partial charge in [0.15, 0.2) is 0 Å². The van der Waals surface area contributed by atoms with Crippen LogP contribution in [0.4, 0.5) is 4.39 Å². The lowest BCUT2D eigenvalue weighted by molar-refractivity contribution is -0.132. The number of rotatable bonds is 8. The Labute approximate surface area is 186 Å². The maximum absolute atomic E-state index is 14.1. The van der Waals surface area contributed by atoms with Crippen LogP contribution in [-0.4, -0.2) is 58.8 Å². The average Bonchev–Trinajstić information content (AvgIpc) is 3.26. The van der Waals surface area contributed by atoms with Crippen molar-refractivity contribution in [1.29, 1.82) is 0 Å². The van der Waals surface area contributed by atoms with Crippen molar-refractivity contribution >= 4 is 5.91 Å². The number of methoxy groups -OCH3 is 1. The van der Waals surface area contributed by atoms with Gasteiger partial charge in [-0.25, -0.2) is 4.39 Å². The van der Waals surface area contributed by atoms with Gasteiger partial charge in [0.05, 0.1) is 26.4 Å². The number of benzene rings is 2. The van der Waals surface area contributed by atoms with Crippen LogP contribution in [0.2, 0.25) is 0 Å². The highest BCUT2D eigenvalue weighted by Gasteiger charge is 2.29. The summed E-state index contributed by atoms with van der Waals surface area (Å²) in [6, 6.07) is 16.2. The van der Waals surface area contributed by atoms with Crippen LogP contribution in [-0.2, 0) is 29.2 Å². The van der Waals surface area contributed by atoms with E-state index in [0.29, 0.717) is 31.7 Å². The van der Waals surface area contributed by atoms with E-state index < -0.39 is 0 Å². The summed E-state index contributed by atoms with van der Waals surface area (Å²) in [6.07, 6.45) is 1.43. The smallest absolute Gasteiger partial charge is 0.237 e. The fourth-order valence-electron chi connectivity index (χ4n) is 3.82. The molecule has 168 valence electrons. The molecule has 7 nitrogen and oxygen atoms in total. The first-order chi connectivity index (χ1) is 15.6. The van der Waals surface area contributed by atoms with Gasteiger partial charge in [-0.3, -0.25) is 14.8 Å². The molecule has 3 aromatic rings. The molecule has 0 spiro atoms. The largest absolute Gasteiger partial charge is 0.497 e. The number of aromatic nitrogens is 2. The van der Waals surface area contributed by atoms with Crippen LogP contribution in [0.5, 0.6) is 5.75 Å². The molecule has 32 heavy (non-hydrogen) atoms. The van der Waals surface area contributed by atoms with Gasteiger partial charge in [-0.15, -0.1) is 0 Å². The van der Waals surface area contributed by atoms with E-state index in [4.69, 9.17) is 9.47 Å². The van der Waals surface area contributed by atoms with E-state index in [2.05, 4.69) is 10.2 Å². The molecular formula is C24H27FN4O3. The molecule has 0 radical (unpaired) electrons. The molecule has 1 aliphatic rings. The molecule has 1 aromatic heterocycles. The van der Waals surface area contributed by atoms with Gasteiger partial charge in [-0.2, -0.15) is 5.10 Å². The van der Waals surface area contributed by atoms with Crippen LogP contribution in [0.3, 0.4) is 0 Å². The zero-order valence-corrected chi connectivity index (χ0v) is 18.0. The minimum Gasteiger partial charge on any atom is -0.497 e. The summed E-state index contributed by atoms with van der Waals surface area (Å²) in [5, 5.41) is 6.93. The molecule has 1 atom stereocenters. The van der Waals surface area contributed by atoms with Gasteiger partial charge in [0, 0.05) is 43.6 Å². The van der Waals surface area contributed by atoms with Gasteiger partial charge in [0.25, 0.3) is 0 Å². The Morgan fingerprint density at radius 1 is 1.09 bits per heavy atom. The number of nitrogens with one attached hydrogen (secondary N) is 1. The summed E-state index contributed by atoms with van der Waals surface area (Å²) in [7, 11) is 1.62. The number of amides is 1. The average molecular weight is 439 g/mol. The molecule has 1 saturated heterocycles. The number of halogens is 1. The zero-order chi connectivity index (χ0) is 22.3. The van der Waals surface area contributed by atoms with Crippen molar-refractivity contribution in [1.82, 2.24) is 20.0 Å². The quantitative estimate of drug-likeness (QED) is 0.586. The number of carbonyl (C=O) groups is 1. The van der Waals surface area contributed by atoms with Crippen molar-refractivity contribution in [3.05, 3.63) is 83.4 Å². The van der Waals surface area contributed by atoms with Crippen molar-refractivity contribution in [3.8, 4) is 5.75 Å². The lowest BCUT2D eigenvalue weighted by Gasteiger charge is -2.25. The lowest BCUT2D eigenvalue weighted by Crippen LogP contribution is -2.37. The number of aromatic amines is 1. The van der Waals surface area contributed by atoms with Gasteiger partial charge >= 0.3 is 0 Å². The second-order valence-electron chi connectivity index (χ2n) is 7.90. The monoisotopic (exact) mass is 438 g/mol. The van der Waals surface area contributed by atoms with Crippen LogP contribution in [0, 0.1) is 5.82 Å². The number of hydrogen-bond acceptors (Lipinski definition) is 5. The van der Waals surface area contributed by atoms with E-state index in [9.17, 15) is 9.18 Å². The van der Waals surface area contributed by atoms with Gasteiger partial charge in [0.2, 0.25) is 5.91 Å². The van der Waals surface area contributed by atoms with Crippen molar-refractivity contribution in [3.63, 3.8) is 0 Å². The molecule has 1 N–H and O–H groups in total. The molecule has 0 bridgehead atoms. The van der Waals surface area contributed by atoms with Gasteiger partial charge in [-0.1, -0.05) is 30.3 Å². The molecule has 1 aliphatic heterocycles. The highest BCUT2D eigenvalue weighted by molar-refractivity contribution is 5.78. The highest BCUT2D eigenvalue weighted by atomic mass is 19.1. The van der Waals surface area contributed by atoms with Crippen molar-refractivity contribution < 1.29 is 18.7 Å². The number of nitrogens with zero attached hydrogens (tertiary/aromatic N) is 3. The van der Waals surface area contributed by atoms with E-state index in [1.807, 2.05) is 35.2 Å². The van der Waals surface area contributed by atoms with Crippen LogP contribution < -0.4 is 4.74 Å². The Hall–Kier alpha value is -3.23. The van der Waals surface area contributed by atoms with Crippen LogP contribution in [0.15, 0.2) is 60.8 Å². The Morgan fingerprint density at radius 3 is 2.62 bits per heavy atom. The molecule has 1 amide bonds. The summed E-state index contributed by atoms with van der Waals surface area (Å²) >= 11 is 0. The first kappa shape index (κ1) is 22.0. The summed E-state index contributed by atoms with van der Waals surface area (Å²) < 4.78 is 25.4. The molecule has 4 rings (SSSR count). The fraction of sp³-hybridized carbons (Fsp3) is 0.333. The predicted molar refractivity (Wildman–Crippen MR) is 117 cm³/mol. The summed E-state index contributed by atoms with van der Waals surface area (Å²) in [5.41, 5.74) is 2.44. The van der Waals surface area contributed by atoms with Crippen LogP contribution in [0.25, 0.3) is 0 Å². The minimum absolute atomic E-state index is 0.0253. The Bertz CT molecular complexity index is 1010. The van der Waals surface area contributed by atoms with Crippen molar-refractivity contribution in [2.24, 2.45) is 0 Å². The molecule has 0 saturated carbocycles. The van der Waals surface area contributed by atoms with E-state index in [1.54, 1.807) is 36.4 Å². The molecule has 0 unspecified atom stereocenters. The van der Waals surface area contributed by atoms with E-state index in [-0.39, 0.29) is 31.0 Å².